The highest BCUT2D eigenvalue weighted by atomic mass is 79.9. The van der Waals surface area contributed by atoms with Crippen LogP contribution in [0.3, 0.4) is 0 Å². The van der Waals surface area contributed by atoms with Crippen molar-refractivity contribution in [1.82, 2.24) is 0 Å². The molecule has 0 unspecified atom stereocenters. The third-order valence-electron chi connectivity index (χ3n) is 2.77. The summed E-state index contributed by atoms with van der Waals surface area (Å²) in [5.74, 6) is -0.395. The fraction of sp³-hybridized carbons (Fsp3) is 0.0769. The SMILES string of the molecule is Cc1cc(Br)c(F)cc1Nc1ccc([N+](=O)[O-])c(N)c1. The third kappa shape index (κ3) is 2.88. The van der Waals surface area contributed by atoms with Gasteiger partial charge in [0.25, 0.3) is 5.69 Å². The monoisotopic (exact) mass is 339 g/mol. The molecule has 2 aromatic carbocycles. The zero-order valence-corrected chi connectivity index (χ0v) is 12.1. The number of nitrogens with zero attached hydrogens (tertiary/aromatic N) is 1. The Bertz CT molecular complexity index is 692. The summed E-state index contributed by atoms with van der Waals surface area (Å²) in [6.45, 7) is 1.82. The van der Waals surface area contributed by atoms with Gasteiger partial charge >= 0.3 is 0 Å². The van der Waals surface area contributed by atoms with Crippen LogP contribution in [0, 0.1) is 22.9 Å². The topological polar surface area (TPSA) is 81.2 Å². The Hall–Kier alpha value is -2.15. The molecule has 3 N–H and O–H groups in total. The Morgan fingerprint density at radius 1 is 1.35 bits per heavy atom. The Labute approximate surface area is 122 Å². The zero-order chi connectivity index (χ0) is 14.9. The number of halogens is 2. The van der Waals surface area contributed by atoms with Crippen molar-refractivity contribution in [1.29, 1.82) is 0 Å². The Kier molecular flexibility index (Phi) is 3.89. The van der Waals surface area contributed by atoms with E-state index in [1.807, 2.05) is 6.92 Å². The summed E-state index contributed by atoms with van der Waals surface area (Å²) in [5.41, 5.74) is 7.45. The van der Waals surface area contributed by atoms with Gasteiger partial charge in [0.2, 0.25) is 0 Å². The van der Waals surface area contributed by atoms with E-state index in [-0.39, 0.29) is 11.4 Å². The molecule has 0 atom stereocenters. The molecule has 5 nitrogen and oxygen atoms in total. The van der Waals surface area contributed by atoms with E-state index in [9.17, 15) is 14.5 Å². The van der Waals surface area contributed by atoms with Crippen LogP contribution in [0.15, 0.2) is 34.8 Å². The molecule has 0 spiro atoms. The predicted molar refractivity (Wildman–Crippen MR) is 79.6 cm³/mol. The van der Waals surface area contributed by atoms with Crippen molar-refractivity contribution in [3.63, 3.8) is 0 Å². The highest BCUT2D eigenvalue weighted by Gasteiger charge is 2.12. The fourth-order valence-corrected chi connectivity index (χ4v) is 2.19. The van der Waals surface area contributed by atoms with Gasteiger partial charge in [-0.1, -0.05) is 0 Å². The van der Waals surface area contributed by atoms with Gasteiger partial charge in [0.1, 0.15) is 11.5 Å². The van der Waals surface area contributed by atoms with Crippen molar-refractivity contribution in [3.8, 4) is 0 Å². The van der Waals surface area contributed by atoms with E-state index in [2.05, 4.69) is 21.2 Å². The van der Waals surface area contributed by atoms with Gasteiger partial charge in [-0.25, -0.2) is 4.39 Å². The lowest BCUT2D eigenvalue weighted by Gasteiger charge is -2.11. The minimum Gasteiger partial charge on any atom is -0.393 e. The number of nitrogens with one attached hydrogen (secondary N) is 1. The maximum absolute atomic E-state index is 13.5. The Morgan fingerprint density at radius 3 is 2.65 bits per heavy atom. The molecule has 0 fully saturated rings. The van der Waals surface area contributed by atoms with Crippen molar-refractivity contribution in [2.75, 3.05) is 11.1 Å². The minimum atomic E-state index is -0.552. The number of benzene rings is 2. The van der Waals surface area contributed by atoms with Crippen LogP contribution in [0.5, 0.6) is 0 Å². The van der Waals surface area contributed by atoms with Crippen LogP contribution < -0.4 is 11.1 Å². The second-order valence-corrected chi connectivity index (χ2v) is 5.09. The summed E-state index contributed by atoms with van der Waals surface area (Å²) in [4.78, 5) is 10.1. The fourth-order valence-electron chi connectivity index (χ4n) is 1.73. The largest absolute Gasteiger partial charge is 0.393 e. The normalized spacial score (nSPS) is 10.3. The van der Waals surface area contributed by atoms with Crippen LogP contribution in [0.4, 0.5) is 27.1 Å². The van der Waals surface area contributed by atoms with Gasteiger partial charge in [-0.2, -0.15) is 0 Å². The van der Waals surface area contributed by atoms with Gasteiger partial charge in [0, 0.05) is 17.4 Å². The van der Waals surface area contributed by atoms with Crippen LogP contribution in [0.1, 0.15) is 5.56 Å². The van der Waals surface area contributed by atoms with Crippen LogP contribution in [-0.4, -0.2) is 4.92 Å². The van der Waals surface area contributed by atoms with E-state index in [1.165, 1.54) is 24.3 Å². The summed E-state index contributed by atoms with van der Waals surface area (Å²) < 4.78 is 13.9. The molecule has 0 aliphatic heterocycles. The van der Waals surface area contributed by atoms with Gasteiger partial charge in [0.05, 0.1) is 9.40 Å². The quantitative estimate of drug-likeness (QED) is 0.500. The van der Waals surface area contributed by atoms with Crippen LogP contribution in [-0.2, 0) is 0 Å². The lowest BCUT2D eigenvalue weighted by atomic mass is 10.1. The standard InChI is InChI=1S/C13H11BrFN3O2/c1-7-4-9(14)10(15)6-12(7)17-8-2-3-13(18(19)20)11(16)5-8/h2-6,17H,16H2,1H3. The molecule has 0 bridgehead atoms. The first-order valence-electron chi connectivity index (χ1n) is 5.65. The molecule has 0 saturated heterocycles. The molecule has 0 saturated carbocycles. The van der Waals surface area contributed by atoms with Crippen LogP contribution in [0.2, 0.25) is 0 Å². The number of nitro benzene ring substituents is 1. The minimum absolute atomic E-state index is 0.0511. The molecule has 7 heteroatoms. The molecule has 2 aromatic rings. The van der Waals surface area contributed by atoms with Crippen molar-refractivity contribution >= 4 is 38.7 Å². The van der Waals surface area contributed by atoms with E-state index in [0.29, 0.717) is 15.8 Å². The Morgan fingerprint density at radius 2 is 2.05 bits per heavy atom. The first-order valence-corrected chi connectivity index (χ1v) is 6.44. The number of anilines is 3. The van der Waals surface area contributed by atoms with E-state index in [4.69, 9.17) is 5.73 Å². The van der Waals surface area contributed by atoms with Crippen molar-refractivity contribution in [2.45, 2.75) is 6.92 Å². The smallest absolute Gasteiger partial charge is 0.292 e. The lowest BCUT2D eigenvalue weighted by molar-refractivity contribution is -0.383. The molecular formula is C13H11BrFN3O2. The van der Waals surface area contributed by atoms with E-state index < -0.39 is 10.7 Å². The average Bonchev–Trinajstić information content (AvgIpc) is 2.35. The first kappa shape index (κ1) is 14.3. The van der Waals surface area contributed by atoms with Gasteiger partial charge < -0.3 is 11.1 Å². The second kappa shape index (κ2) is 5.46. The molecule has 0 heterocycles. The van der Waals surface area contributed by atoms with E-state index >= 15 is 0 Å². The maximum Gasteiger partial charge on any atom is 0.292 e. The number of nitrogen functional groups attached to an aromatic ring is 1. The summed E-state index contributed by atoms with van der Waals surface area (Å²) in [6.07, 6.45) is 0. The summed E-state index contributed by atoms with van der Waals surface area (Å²) in [6, 6.07) is 7.26. The van der Waals surface area contributed by atoms with Gasteiger partial charge in [-0.15, -0.1) is 0 Å². The zero-order valence-electron chi connectivity index (χ0n) is 10.5. The highest BCUT2D eigenvalue weighted by Crippen LogP contribution is 2.29. The average molecular weight is 340 g/mol. The summed E-state index contributed by atoms with van der Waals surface area (Å²) in [7, 11) is 0. The van der Waals surface area contributed by atoms with E-state index in [1.54, 1.807) is 6.07 Å². The maximum atomic E-state index is 13.5. The van der Waals surface area contributed by atoms with Crippen LogP contribution in [0.25, 0.3) is 0 Å². The van der Waals surface area contributed by atoms with Gasteiger partial charge in [0.15, 0.2) is 0 Å². The third-order valence-corrected chi connectivity index (χ3v) is 3.38. The van der Waals surface area contributed by atoms with Crippen molar-refractivity contribution in [2.24, 2.45) is 0 Å². The molecule has 0 amide bonds. The molecule has 0 aromatic heterocycles. The number of hydrogen-bond acceptors (Lipinski definition) is 4. The molecule has 20 heavy (non-hydrogen) atoms. The lowest BCUT2D eigenvalue weighted by Crippen LogP contribution is -1.99. The number of rotatable bonds is 3. The van der Waals surface area contributed by atoms with Crippen molar-refractivity contribution < 1.29 is 9.31 Å². The molecule has 2 rings (SSSR count). The summed E-state index contributed by atoms with van der Waals surface area (Å²) >= 11 is 3.10. The second-order valence-electron chi connectivity index (χ2n) is 4.24. The number of nitro groups is 1. The molecule has 104 valence electrons. The number of nitrogens with two attached hydrogens (primary N) is 1. The molecular weight excluding hydrogens is 329 g/mol. The highest BCUT2D eigenvalue weighted by molar-refractivity contribution is 9.10. The predicted octanol–water partition coefficient (Wildman–Crippen LogP) is 4.13. The Balaban J connectivity index is 2.33. The van der Waals surface area contributed by atoms with Gasteiger partial charge in [-0.05, 0) is 52.7 Å². The summed E-state index contributed by atoms with van der Waals surface area (Å²) in [5, 5.41) is 13.7. The molecule has 0 aliphatic rings. The van der Waals surface area contributed by atoms with Crippen molar-refractivity contribution in [3.05, 3.63) is 56.3 Å². The number of hydrogen-bond donors (Lipinski definition) is 2. The van der Waals surface area contributed by atoms with Crippen LogP contribution >= 0.6 is 15.9 Å². The van der Waals surface area contributed by atoms with E-state index in [0.717, 1.165) is 5.56 Å². The number of aryl methyl sites for hydroxylation is 1. The molecule has 0 radical (unpaired) electrons. The van der Waals surface area contributed by atoms with Gasteiger partial charge in [-0.3, -0.25) is 10.1 Å². The molecule has 0 aliphatic carbocycles. The first-order chi connectivity index (χ1) is 9.38.